The van der Waals surface area contributed by atoms with Gasteiger partial charge in [-0.15, -0.1) is 0 Å². The highest BCUT2D eigenvalue weighted by Crippen LogP contribution is 2.18. The quantitative estimate of drug-likeness (QED) is 0.313. The molecule has 4 N–H and O–H groups in total. The van der Waals surface area contributed by atoms with E-state index in [1.807, 2.05) is 30.3 Å². The highest BCUT2D eigenvalue weighted by Gasteiger charge is 2.27. The first kappa shape index (κ1) is 18.7. The zero-order chi connectivity index (χ0) is 17.9. The van der Waals surface area contributed by atoms with E-state index in [0.717, 1.165) is 18.5 Å². The summed E-state index contributed by atoms with van der Waals surface area (Å²) in [6.07, 6.45) is 8.37. The number of nitrogens with one attached hydrogen (secondary N) is 3. The van der Waals surface area contributed by atoms with Crippen molar-refractivity contribution < 1.29 is 14.8 Å². The zero-order valence-electron chi connectivity index (χ0n) is 14.0. The molecule has 7 nitrogen and oxygen atoms in total. The van der Waals surface area contributed by atoms with Gasteiger partial charge in [-0.05, 0) is 25.0 Å². The summed E-state index contributed by atoms with van der Waals surface area (Å²) in [5, 5.41) is 14.6. The maximum absolute atomic E-state index is 12.7. The monoisotopic (exact) mass is 344 g/mol. The minimum absolute atomic E-state index is 0.0569. The number of hydrogen-bond donors (Lipinski definition) is 4. The van der Waals surface area contributed by atoms with Gasteiger partial charge in [-0.2, -0.15) is 0 Å². The molecule has 0 bridgehead atoms. The smallest absolute Gasteiger partial charge is 0.243 e. The molecule has 0 aromatic heterocycles. The molecule has 1 aromatic rings. The van der Waals surface area contributed by atoms with Crippen LogP contribution in [0.15, 0.2) is 47.7 Å². The first-order valence-corrected chi connectivity index (χ1v) is 8.44. The molecule has 2 amide bonds. The van der Waals surface area contributed by atoms with Gasteiger partial charge in [-0.3, -0.25) is 19.8 Å². The number of nitrogens with zero attached hydrogens (tertiary/aromatic N) is 1. The van der Waals surface area contributed by atoms with Crippen LogP contribution in [0.25, 0.3) is 0 Å². The predicted octanol–water partition coefficient (Wildman–Crippen LogP) is 2.21. The fraction of sp³-hybridized carbons (Fsp3) is 0.389. The Kier molecular flexibility index (Phi) is 7.65. The Balaban J connectivity index is 1.88. The van der Waals surface area contributed by atoms with E-state index in [9.17, 15) is 9.59 Å². The molecule has 2 unspecified atom stereocenters. The molecule has 7 heteroatoms. The number of benzene rings is 1. The van der Waals surface area contributed by atoms with Crippen molar-refractivity contribution in [2.75, 3.05) is 5.32 Å². The highest BCUT2D eigenvalue weighted by atomic mass is 16.5. The Hall–Kier alpha value is -2.67. The van der Waals surface area contributed by atoms with Crippen LogP contribution in [0.1, 0.15) is 32.1 Å². The maximum Gasteiger partial charge on any atom is 0.243 e. The van der Waals surface area contributed by atoms with Crippen molar-refractivity contribution in [3.63, 3.8) is 0 Å². The lowest BCUT2D eigenvalue weighted by Crippen LogP contribution is -2.42. The van der Waals surface area contributed by atoms with Gasteiger partial charge in [0.25, 0.3) is 0 Å². The van der Waals surface area contributed by atoms with Crippen LogP contribution in [0, 0.1) is 5.92 Å². The van der Waals surface area contributed by atoms with Crippen molar-refractivity contribution >= 4 is 23.7 Å². The molecule has 0 radical (unpaired) electrons. The number of para-hydroxylation sites is 1. The fourth-order valence-corrected chi connectivity index (χ4v) is 2.72. The van der Waals surface area contributed by atoms with Crippen LogP contribution < -0.4 is 16.1 Å². The zero-order valence-corrected chi connectivity index (χ0v) is 14.0. The van der Waals surface area contributed by atoms with Crippen molar-refractivity contribution in [2.45, 2.75) is 38.1 Å². The van der Waals surface area contributed by atoms with Gasteiger partial charge in [-0.25, -0.2) is 5.48 Å². The van der Waals surface area contributed by atoms with E-state index < -0.39 is 0 Å². The lowest BCUT2D eigenvalue weighted by Gasteiger charge is -2.25. The largest absolute Gasteiger partial charge is 0.381 e. The number of rotatable bonds is 9. The van der Waals surface area contributed by atoms with E-state index in [2.05, 4.69) is 15.6 Å². The number of hydrogen-bond acceptors (Lipinski definition) is 5. The van der Waals surface area contributed by atoms with Gasteiger partial charge < -0.3 is 10.6 Å². The molecule has 1 aliphatic rings. The van der Waals surface area contributed by atoms with E-state index in [1.54, 1.807) is 24.1 Å². The lowest BCUT2D eigenvalue weighted by molar-refractivity contribution is -0.129. The minimum atomic E-state index is -0.385. The SMILES string of the molecule is O=C(CCCCCC(C(=O)Nc1ccccc1)C1C=NC=CN1)NO. The normalized spacial score (nSPS) is 16.8. The molecule has 134 valence electrons. The summed E-state index contributed by atoms with van der Waals surface area (Å²) < 4.78 is 0. The van der Waals surface area contributed by atoms with Crippen molar-refractivity contribution in [2.24, 2.45) is 10.9 Å². The van der Waals surface area contributed by atoms with Crippen LogP contribution in [-0.2, 0) is 9.59 Å². The van der Waals surface area contributed by atoms with Gasteiger partial charge in [0.05, 0.1) is 12.0 Å². The Morgan fingerprint density at radius 2 is 2.00 bits per heavy atom. The van der Waals surface area contributed by atoms with Crippen molar-refractivity contribution in [1.29, 1.82) is 0 Å². The summed E-state index contributed by atoms with van der Waals surface area (Å²) >= 11 is 0. The van der Waals surface area contributed by atoms with Crippen LogP contribution >= 0.6 is 0 Å². The van der Waals surface area contributed by atoms with Crippen LogP contribution in [0.5, 0.6) is 0 Å². The van der Waals surface area contributed by atoms with Crippen molar-refractivity contribution in [3.8, 4) is 0 Å². The molecule has 2 atom stereocenters. The number of carbonyl (C=O) groups is 2. The average Bonchev–Trinajstić information content (AvgIpc) is 2.65. The van der Waals surface area contributed by atoms with Crippen LogP contribution in [0.3, 0.4) is 0 Å². The Morgan fingerprint density at radius 1 is 1.20 bits per heavy atom. The molecule has 0 saturated heterocycles. The Labute approximate surface area is 147 Å². The first-order chi connectivity index (χ1) is 12.2. The molecule has 1 aliphatic heterocycles. The van der Waals surface area contributed by atoms with E-state index in [-0.39, 0.29) is 30.2 Å². The second-order valence-electron chi connectivity index (χ2n) is 5.90. The number of amides is 2. The van der Waals surface area contributed by atoms with Crippen LogP contribution in [0.2, 0.25) is 0 Å². The van der Waals surface area contributed by atoms with E-state index >= 15 is 0 Å². The van der Waals surface area contributed by atoms with Gasteiger partial charge >= 0.3 is 0 Å². The summed E-state index contributed by atoms with van der Waals surface area (Å²) in [4.78, 5) is 27.8. The predicted molar refractivity (Wildman–Crippen MR) is 96.1 cm³/mol. The molecule has 0 spiro atoms. The first-order valence-electron chi connectivity index (χ1n) is 8.44. The third-order valence-corrected chi connectivity index (χ3v) is 4.05. The Morgan fingerprint density at radius 3 is 2.68 bits per heavy atom. The lowest BCUT2D eigenvalue weighted by atomic mass is 9.92. The maximum atomic E-state index is 12.7. The van der Waals surface area contributed by atoms with Crippen LogP contribution in [0.4, 0.5) is 5.69 Å². The molecular weight excluding hydrogens is 320 g/mol. The topological polar surface area (TPSA) is 103 Å². The van der Waals surface area contributed by atoms with Gasteiger partial charge in [0, 0.05) is 30.7 Å². The van der Waals surface area contributed by atoms with E-state index in [1.165, 1.54) is 0 Å². The number of carbonyl (C=O) groups excluding carboxylic acids is 2. The van der Waals surface area contributed by atoms with Gasteiger partial charge in [0.2, 0.25) is 11.8 Å². The number of aliphatic imine (C=N–C) groups is 1. The van der Waals surface area contributed by atoms with Gasteiger partial charge in [0.15, 0.2) is 0 Å². The molecule has 0 fully saturated rings. The summed E-state index contributed by atoms with van der Waals surface area (Å²) in [6.45, 7) is 0. The van der Waals surface area contributed by atoms with E-state index in [0.29, 0.717) is 12.8 Å². The number of anilines is 1. The fourth-order valence-electron chi connectivity index (χ4n) is 2.72. The van der Waals surface area contributed by atoms with Gasteiger partial charge in [0.1, 0.15) is 0 Å². The second kappa shape index (κ2) is 10.2. The summed E-state index contributed by atoms with van der Waals surface area (Å²) in [5.41, 5.74) is 2.39. The summed E-state index contributed by atoms with van der Waals surface area (Å²) in [7, 11) is 0. The molecule has 0 aliphatic carbocycles. The highest BCUT2D eigenvalue weighted by molar-refractivity contribution is 5.95. The van der Waals surface area contributed by atoms with Crippen LogP contribution in [-0.4, -0.2) is 29.3 Å². The average molecular weight is 344 g/mol. The molecule has 1 aromatic carbocycles. The molecule has 2 rings (SSSR count). The second-order valence-corrected chi connectivity index (χ2v) is 5.90. The minimum Gasteiger partial charge on any atom is -0.381 e. The summed E-state index contributed by atoms with van der Waals surface area (Å²) in [5.74, 6) is -0.705. The third kappa shape index (κ3) is 6.39. The molecule has 25 heavy (non-hydrogen) atoms. The van der Waals surface area contributed by atoms with Crippen molar-refractivity contribution in [3.05, 3.63) is 42.7 Å². The summed E-state index contributed by atoms with van der Waals surface area (Å²) in [6, 6.07) is 9.19. The Bertz CT molecular complexity index is 616. The van der Waals surface area contributed by atoms with E-state index in [4.69, 9.17) is 5.21 Å². The molecular formula is C18H24N4O3. The third-order valence-electron chi connectivity index (χ3n) is 4.05. The van der Waals surface area contributed by atoms with Gasteiger partial charge in [-0.1, -0.05) is 31.0 Å². The molecule has 1 heterocycles. The van der Waals surface area contributed by atoms with Crippen molar-refractivity contribution in [1.82, 2.24) is 10.8 Å². The number of unbranched alkanes of at least 4 members (excludes halogenated alkanes) is 2. The standard InChI is InChI=1S/C18H24N4O3/c23-17(22-25)10-6-2-5-9-15(16-13-19-11-12-20-16)18(24)21-14-7-3-1-4-8-14/h1,3-4,7-8,11-13,15-16,20,25H,2,5-6,9-10H2,(H,21,24)(H,22,23). The molecule has 0 saturated carbocycles. The number of hydroxylamine groups is 1.